The third kappa shape index (κ3) is 6.66. The van der Waals surface area contributed by atoms with Crippen LogP contribution in [0.5, 0.6) is 0 Å². The molecule has 0 fully saturated rings. The molecule has 0 aliphatic rings. The molecule has 1 atom stereocenters. The van der Waals surface area contributed by atoms with Gasteiger partial charge < -0.3 is 15.7 Å². The highest BCUT2D eigenvalue weighted by molar-refractivity contribution is 7.89. The zero-order valence-electron chi connectivity index (χ0n) is 18.5. The average molecular weight is 525 g/mol. The molecule has 0 aliphatic carbocycles. The number of sulfonamides is 1. The molecule has 0 saturated heterocycles. The van der Waals surface area contributed by atoms with Gasteiger partial charge in [0.25, 0.3) is 0 Å². The van der Waals surface area contributed by atoms with E-state index in [0.717, 1.165) is 4.70 Å². The van der Waals surface area contributed by atoms with E-state index < -0.39 is 34.5 Å². The third-order valence-corrected chi connectivity index (χ3v) is 7.61. The molecule has 0 unspecified atom stereocenters. The van der Waals surface area contributed by atoms with Gasteiger partial charge in [-0.25, -0.2) is 22.9 Å². The Labute approximate surface area is 206 Å². The number of anilines is 1. The SMILES string of the molecule is CC(C)C[C@H](NC(=O)CNS(=O)(=O)c1ccccc1CNc1nc2c(Cl)cccc2s1)C(=O)O. The number of halogens is 1. The van der Waals surface area contributed by atoms with Gasteiger partial charge in [0.1, 0.15) is 11.6 Å². The van der Waals surface area contributed by atoms with Gasteiger partial charge >= 0.3 is 5.97 Å². The maximum Gasteiger partial charge on any atom is 0.326 e. The lowest BCUT2D eigenvalue weighted by molar-refractivity contribution is -0.142. The van der Waals surface area contributed by atoms with E-state index in [2.05, 4.69) is 20.3 Å². The van der Waals surface area contributed by atoms with Crippen LogP contribution in [-0.4, -0.2) is 43.0 Å². The summed E-state index contributed by atoms with van der Waals surface area (Å²) in [6.45, 7) is 3.26. The Bertz CT molecular complexity index is 1290. The number of aliphatic carboxylic acids is 1. The van der Waals surface area contributed by atoms with Crippen LogP contribution in [0.1, 0.15) is 25.8 Å². The fourth-order valence-electron chi connectivity index (χ4n) is 3.25. The molecule has 1 aromatic heterocycles. The summed E-state index contributed by atoms with van der Waals surface area (Å²) in [6, 6.07) is 10.8. The molecule has 3 aromatic rings. The maximum absolute atomic E-state index is 12.9. The molecule has 9 nitrogen and oxygen atoms in total. The first-order valence-corrected chi connectivity index (χ1v) is 13.1. The average Bonchev–Trinajstić information content (AvgIpc) is 3.20. The number of para-hydroxylation sites is 1. The highest BCUT2D eigenvalue weighted by Crippen LogP contribution is 2.31. The van der Waals surface area contributed by atoms with E-state index in [9.17, 15) is 23.1 Å². The molecule has 0 radical (unpaired) electrons. The van der Waals surface area contributed by atoms with Crippen LogP contribution in [0.4, 0.5) is 5.13 Å². The van der Waals surface area contributed by atoms with Crippen molar-refractivity contribution < 1.29 is 23.1 Å². The largest absolute Gasteiger partial charge is 0.480 e. The first kappa shape index (κ1) is 25.9. The number of benzene rings is 2. The molecule has 4 N–H and O–H groups in total. The lowest BCUT2D eigenvalue weighted by Crippen LogP contribution is -2.46. The molecular weight excluding hydrogens is 500 g/mol. The molecule has 0 bridgehead atoms. The second kappa shape index (κ2) is 11.1. The number of nitrogens with one attached hydrogen (secondary N) is 3. The minimum Gasteiger partial charge on any atom is -0.480 e. The van der Waals surface area contributed by atoms with Crippen LogP contribution in [0.3, 0.4) is 0 Å². The van der Waals surface area contributed by atoms with Crippen LogP contribution >= 0.6 is 22.9 Å². The van der Waals surface area contributed by atoms with Gasteiger partial charge in [-0.3, -0.25) is 4.79 Å². The van der Waals surface area contributed by atoms with Crippen molar-refractivity contribution in [2.24, 2.45) is 5.92 Å². The summed E-state index contributed by atoms with van der Waals surface area (Å²) in [7, 11) is -4.04. The monoisotopic (exact) mass is 524 g/mol. The fraction of sp³-hybridized carbons (Fsp3) is 0.318. The van der Waals surface area contributed by atoms with Crippen LogP contribution in [0.25, 0.3) is 10.2 Å². The summed E-state index contributed by atoms with van der Waals surface area (Å²) in [6.07, 6.45) is 0.235. The van der Waals surface area contributed by atoms with Gasteiger partial charge in [0.2, 0.25) is 15.9 Å². The van der Waals surface area contributed by atoms with E-state index in [0.29, 0.717) is 21.2 Å². The van der Waals surface area contributed by atoms with Gasteiger partial charge in [-0.15, -0.1) is 0 Å². The first-order valence-electron chi connectivity index (χ1n) is 10.5. The molecule has 1 amide bonds. The number of amides is 1. The number of hydrogen-bond donors (Lipinski definition) is 4. The van der Waals surface area contributed by atoms with Crippen molar-refractivity contribution in [2.75, 3.05) is 11.9 Å². The zero-order chi connectivity index (χ0) is 24.9. The lowest BCUT2D eigenvalue weighted by atomic mass is 10.0. The Morgan fingerprint density at radius 3 is 2.56 bits per heavy atom. The Kier molecular flexibility index (Phi) is 8.47. The predicted octanol–water partition coefficient (Wildman–Crippen LogP) is 3.46. The van der Waals surface area contributed by atoms with Crippen molar-refractivity contribution in [2.45, 2.75) is 37.8 Å². The molecule has 3 rings (SSSR count). The van der Waals surface area contributed by atoms with E-state index in [4.69, 9.17) is 11.6 Å². The van der Waals surface area contributed by atoms with E-state index in [1.54, 1.807) is 24.3 Å². The Morgan fingerprint density at radius 1 is 1.15 bits per heavy atom. The Hall–Kier alpha value is -2.73. The quantitative estimate of drug-likeness (QED) is 0.301. The number of thiazole rings is 1. The van der Waals surface area contributed by atoms with Crippen LogP contribution in [-0.2, 0) is 26.2 Å². The van der Waals surface area contributed by atoms with Crippen molar-refractivity contribution in [1.82, 2.24) is 15.0 Å². The van der Waals surface area contributed by atoms with E-state index in [1.807, 2.05) is 26.0 Å². The minimum absolute atomic E-state index is 0.00593. The molecule has 2 aromatic carbocycles. The van der Waals surface area contributed by atoms with Gasteiger partial charge in [-0.2, -0.15) is 0 Å². The summed E-state index contributed by atoms with van der Waals surface area (Å²) in [5.74, 6) is -1.85. The van der Waals surface area contributed by atoms with E-state index in [1.165, 1.54) is 17.4 Å². The molecule has 0 saturated carbocycles. The molecule has 12 heteroatoms. The Morgan fingerprint density at radius 2 is 1.88 bits per heavy atom. The normalized spacial score (nSPS) is 12.6. The summed E-state index contributed by atoms with van der Waals surface area (Å²) >= 11 is 7.57. The van der Waals surface area contributed by atoms with Gasteiger partial charge in [0, 0.05) is 6.54 Å². The molecular formula is C22H25ClN4O5S2. The van der Waals surface area contributed by atoms with Crippen LogP contribution in [0.15, 0.2) is 47.4 Å². The number of aromatic nitrogens is 1. The van der Waals surface area contributed by atoms with Crippen LogP contribution in [0.2, 0.25) is 5.02 Å². The Balaban J connectivity index is 1.67. The number of fused-ring (bicyclic) bond motifs is 1. The number of carboxylic acids is 1. The molecule has 34 heavy (non-hydrogen) atoms. The van der Waals surface area contributed by atoms with Crippen molar-refractivity contribution in [1.29, 1.82) is 0 Å². The number of carboxylic acid groups (broad SMARTS) is 1. The minimum atomic E-state index is -4.04. The van der Waals surface area contributed by atoms with E-state index in [-0.39, 0.29) is 23.8 Å². The zero-order valence-corrected chi connectivity index (χ0v) is 20.9. The topological polar surface area (TPSA) is 137 Å². The first-order chi connectivity index (χ1) is 16.1. The van der Waals surface area contributed by atoms with E-state index >= 15 is 0 Å². The molecule has 0 spiro atoms. The van der Waals surface area contributed by atoms with Gasteiger partial charge in [-0.1, -0.05) is 61.1 Å². The molecule has 1 heterocycles. The number of carbonyl (C=O) groups excluding carboxylic acids is 1. The fourth-order valence-corrected chi connectivity index (χ4v) is 5.63. The lowest BCUT2D eigenvalue weighted by Gasteiger charge is -2.17. The summed E-state index contributed by atoms with van der Waals surface area (Å²) in [5, 5.41) is 15.9. The second-order valence-corrected chi connectivity index (χ2v) is 11.2. The summed E-state index contributed by atoms with van der Waals surface area (Å²) < 4.78 is 28.9. The predicted molar refractivity (Wildman–Crippen MR) is 133 cm³/mol. The van der Waals surface area contributed by atoms with Crippen molar-refractivity contribution in [3.8, 4) is 0 Å². The number of carbonyl (C=O) groups is 2. The summed E-state index contributed by atoms with van der Waals surface area (Å²) in [4.78, 5) is 28.0. The summed E-state index contributed by atoms with van der Waals surface area (Å²) in [5.41, 5.74) is 1.14. The van der Waals surface area contributed by atoms with Crippen molar-refractivity contribution >= 4 is 60.2 Å². The molecule has 182 valence electrons. The number of rotatable bonds is 11. The standard InChI is InChI=1S/C22H25ClN4O5S2/c1-13(2)10-16(21(29)30)26-19(28)12-25-34(31,32)18-9-4-3-6-14(18)11-24-22-27-20-15(23)7-5-8-17(20)33-22/h3-9,13,16,25H,10-12H2,1-2H3,(H,24,27)(H,26,28)(H,29,30)/t16-/m0/s1. The second-order valence-electron chi connectivity index (χ2n) is 7.98. The number of hydrogen-bond acceptors (Lipinski definition) is 7. The highest BCUT2D eigenvalue weighted by Gasteiger charge is 2.23. The van der Waals surface area contributed by atoms with Crippen LogP contribution in [0, 0.1) is 5.92 Å². The smallest absolute Gasteiger partial charge is 0.326 e. The van der Waals surface area contributed by atoms with Crippen LogP contribution < -0.4 is 15.4 Å². The number of nitrogens with zero attached hydrogens (tertiary/aromatic N) is 1. The van der Waals surface area contributed by atoms with Gasteiger partial charge in [0.15, 0.2) is 5.13 Å². The third-order valence-electron chi connectivity index (χ3n) is 4.83. The highest BCUT2D eigenvalue weighted by atomic mass is 35.5. The maximum atomic E-state index is 12.9. The van der Waals surface area contributed by atoms with Gasteiger partial charge in [0.05, 0.1) is 21.2 Å². The van der Waals surface area contributed by atoms with Gasteiger partial charge in [-0.05, 0) is 36.1 Å². The van der Waals surface area contributed by atoms with Crippen molar-refractivity contribution in [3.05, 3.63) is 53.1 Å². The van der Waals surface area contributed by atoms with Crippen molar-refractivity contribution in [3.63, 3.8) is 0 Å². The molecule has 0 aliphatic heterocycles.